The first kappa shape index (κ1) is 7.01. The van der Waals surface area contributed by atoms with Gasteiger partial charge in [-0.1, -0.05) is 6.58 Å². The van der Waals surface area contributed by atoms with Gasteiger partial charge in [-0.25, -0.2) is 4.79 Å². The van der Waals surface area contributed by atoms with Crippen LogP contribution in [0.3, 0.4) is 0 Å². The summed E-state index contributed by atoms with van der Waals surface area (Å²) in [7, 11) is 0. The van der Waals surface area contributed by atoms with Crippen molar-refractivity contribution in [2.75, 3.05) is 0 Å². The van der Waals surface area contributed by atoms with E-state index in [0.717, 1.165) is 0 Å². The van der Waals surface area contributed by atoms with Crippen molar-refractivity contribution in [3.05, 3.63) is 12.3 Å². The maximum atomic E-state index is 9.81. The predicted octanol–water partition coefficient (Wildman–Crippen LogP) is 0.688. The summed E-state index contributed by atoms with van der Waals surface area (Å²) >= 11 is 4.11. The topological polar surface area (TPSA) is 49.7 Å². The van der Waals surface area contributed by atoms with E-state index >= 15 is 0 Å². The smallest absolute Gasteiger partial charge is 0.354 e. The molecule has 0 aliphatic heterocycles. The highest BCUT2D eigenvalue weighted by Gasteiger charge is 1.97. The van der Waals surface area contributed by atoms with E-state index in [9.17, 15) is 4.79 Å². The van der Waals surface area contributed by atoms with Crippen LogP contribution in [0.1, 0.15) is 0 Å². The molecule has 8 heavy (non-hydrogen) atoms. The molecule has 0 aromatic carbocycles. The van der Waals surface area contributed by atoms with Crippen molar-refractivity contribution < 1.29 is 9.90 Å². The molecule has 0 spiro atoms. The van der Waals surface area contributed by atoms with E-state index < -0.39 is 5.97 Å². The number of nitrogens with zero attached hydrogens (tertiary/aromatic N) is 1. The molecular formula is C4H3NO2S. The molecule has 0 bridgehead atoms. The summed E-state index contributed by atoms with van der Waals surface area (Å²) in [6.07, 6.45) is 0. The lowest BCUT2D eigenvalue weighted by molar-refractivity contribution is -0.132. The SMILES string of the molecule is C=C(N=C=S)C(=O)O. The van der Waals surface area contributed by atoms with E-state index in [1.807, 2.05) is 5.16 Å². The van der Waals surface area contributed by atoms with Crippen LogP contribution in [0.2, 0.25) is 0 Å². The Kier molecular flexibility index (Phi) is 2.69. The van der Waals surface area contributed by atoms with E-state index in [0.29, 0.717) is 0 Å². The number of thiocarbonyl (C=S) groups is 1. The van der Waals surface area contributed by atoms with Crippen LogP contribution in [0, 0.1) is 0 Å². The lowest BCUT2D eigenvalue weighted by atomic mass is 10.5. The van der Waals surface area contributed by atoms with Crippen molar-refractivity contribution in [3.8, 4) is 0 Å². The summed E-state index contributed by atoms with van der Waals surface area (Å²) in [4.78, 5) is 12.9. The van der Waals surface area contributed by atoms with Gasteiger partial charge in [-0.05, 0) is 12.2 Å². The van der Waals surface area contributed by atoms with Crippen molar-refractivity contribution in [1.29, 1.82) is 0 Å². The molecule has 0 aromatic rings. The maximum absolute atomic E-state index is 9.81. The second kappa shape index (κ2) is 3.07. The van der Waals surface area contributed by atoms with Crippen LogP contribution >= 0.6 is 12.2 Å². The first-order valence-electron chi connectivity index (χ1n) is 1.68. The molecule has 0 rings (SSSR count). The van der Waals surface area contributed by atoms with Gasteiger partial charge >= 0.3 is 5.97 Å². The molecule has 0 unspecified atom stereocenters. The molecule has 0 heterocycles. The minimum absolute atomic E-state index is 0.292. The highest BCUT2D eigenvalue weighted by atomic mass is 32.1. The number of carboxylic acid groups (broad SMARTS) is 1. The highest BCUT2D eigenvalue weighted by Crippen LogP contribution is 1.87. The van der Waals surface area contributed by atoms with Crippen molar-refractivity contribution in [2.24, 2.45) is 4.99 Å². The fraction of sp³-hybridized carbons (Fsp3) is 0. The van der Waals surface area contributed by atoms with E-state index in [2.05, 4.69) is 23.8 Å². The maximum Gasteiger partial charge on any atom is 0.354 e. The third-order valence-corrected chi connectivity index (χ3v) is 0.519. The number of carbonyl (C=O) groups is 1. The van der Waals surface area contributed by atoms with Gasteiger partial charge in [0.05, 0.1) is 5.16 Å². The molecular weight excluding hydrogens is 126 g/mol. The Labute approximate surface area is 51.4 Å². The van der Waals surface area contributed by atoms with Crippen molar-refractivity contribution in [2.45, 2.75) is 0 Å². The molecule has 3 nitrogen and oxygen atoms in total. The molecule has 0 saturated heterocycles. The number of isothiocyanates is 1. The van der Waals surface area contributed by atoms with Crippen LogP contribution in [0.25, 0.3) is 0 Å². The molecule has 0 saturated carbocycles. The van der Waals surface area contributed by atoms with Gasteiger partial charge in [0, 0.05) is 0 Å². The molecule has 0 amide bonds. The molecule has 0 aliphatic carbocycles. The van der Waals surface area contributed by atoms with Gasteiger partial charge < -0.3 is 5.11 Å². The molecule has 0 fully saturated rings. The Morgan fingerprint density at radius 2 is 2.38 bits per heavy atom. The predicted molar refractivity (Wildman–Crippen MR) is 31.8 cm³/mol. The van der Waals surface area contributed by atoms with Gasteiger partial charge in [0.1, 0.15) is 0 Å². The van der Waals surface area contributed by atoms with Gasteiger partial charge in [-0.3, -0.25) is 0 Å². The lowest BCUT2D eigenvalue weighted by Gasteiger charge is -1.81. The second-order valence-corrected chi connectivity index (χ2v) is 1.14. The summed E-state index contributed by atoms with van der Waals surface area (Å²) in [5.41, 5.74) is -0.292. The van der Waals surface area contributed by atoms with Crippen LogP contribution in [-0.4, -0.2) is 16.2 Å². The van der Waals surface area contributed by atoms with Gasteiger partial charge in [-0.2, -0.15) is 4.99 Å². The zero-order valence-corrected chi connectivity index (χ0v) is 4.73. The molecule has 0 aromatic heterocycles. The fourth-order valence-electron chi connectivity index (χ4n) is 0.103. The molecule has 0 radical (unpaired) electrons. The van der Waals surface area contributed by atoms with Gasteiger partial charge in [-0.15, -0.1) is 0 Å². The average Bonchev–Trinajstić information content (AvgIpc) is 1.67. The number of carboxylic acids is 1. The Morgan fingerprint density at radius 1 is 1.88 bits per heavy atom. The van der Waals surface area contributed by atoms with Crippen LogP contribution < -0.4 is 0 Å². The first-order chi connectivity index (χ1) is 3.68. The second-order valence-electron chi connectivity index (χ2n) is 0.955. The van der Waals surface area contributed by atoms with Crippen molar-refractivity contribution in [3.63, 3.8) is 0 Å². The normalized spacial score (nSPS) is 7.00. The largest absolute Gasteiger partial charge is 0.477 e. The van der Waals surface area contributed by atoms with E-state index in [4.69, 9.17) is 5.11 Å². The quantitative estimate of drug-likeness (QED) is 0.339. The van der Waals surface area contributed by atoms with Crippen LogP contribution in [0.4, 0.5) is 0 Å². The first-order valence-corrected chi connectivity index (χ1v) is 2.09. The summed E-state index contributed by atoms with van der Waals surface area (Å²) in [5.74, 6) is -1.18. The third kappa shape index (κ3) is 2.23. The van der Waals surface area contributed by atoms with Crippen molar-refractivity contribution in [1.82, 2.24) is 0 Å². The monoisotopic (exact) mass is 129 g/mol. The average molecular weight is 129 g/mol. The minimum atomic E-state index is -1.18. The van der Waals surface area contributed by atoms with Crippen LogP contribution in [0.5, 0.6) is 0 Å². The summed E-state index contributed by atoms with van der Waals surface area (Å²) < 4.78 is 0. The highest BCUT2D eigenvalue weighted by molar-refractivity contribution is 7.78. The molecule has 42 valence electrons. The molecule has 0 aliphatic rings. The molecule has 1 N–H and O–H groups in total. The Bertz CT molecular complexity index is 165. The number of rotatable bonds is 2. The number of aliphatic imine (C=N–C) groups is 1. The summed E-state index contributed by atoms with van der Waals surface area (Å²) in [6, 6.07) is 0. The lowest BCUT2D eigenvalue weighted by Crippen LogP contribution is -1.94. The minimum Gasteiger partial charge on any atom is -0.477 e. The van der Waals surface area contributed by atoms with Gasteiger partial charge in [0.2, 0.25) is 0 Å². The fourth-order valence-corrected chi connectivity index (χ4v) is 0.213. The molecule has 0 atom stereocenters. The standard InChI is InChI=1S/C4H3NO2S/c1-3(4(6)7)5-2-8/h1H2,(H,6,7). The number of hydrogen-bond donors (Lipinski definition) is 1. The Hall–Kier alpha value is -0.990. The van der Waals surface area contributed by atoms with E-state index in [1.165, 1.54) is 0 Å². The Balaban J connectivity index is 4.05. The number of hydrogen-bond acceptors (Lipinski definition) is 3. The Morgan fingerprint density at radius 3 is 2.50 bits per heavy atom. The summed E-state index contributed by atoms with van der Waals surface area (Å²) in [5, 5.41) is 9.91. The molecule has 4 heteroatoms. The van der Waals surface area contributed by atoms with Crippen molar-refractivity contribution >= 4 is 23.3 Å². The summed E-state index contributed by atoms with van der Waals surface area (Å²) in [6.45, 7) is 3.05. The van der Waals surface area contributed by atoms with Crippen LogP contribution in [-0.2, 0) is 4.79 Å². The van der Waals surface area contributed by atoms with Crippen LogP contribution in [0.15, 0.2) is 17.3 Å². The zero-order valence-electron chi connectivity index (χ0n) is 3.92. The zero-order chi connectivity index (χ0) is 6.57. The van der Waals surface area contributed by atoms with Gasteiger partial charge in [0.15, 0.2) is 5.70 Å². The third-order valence-electron chi connectivity index (χ3n) is 0.427. The van der Waals surface area contributed by atoms with E-state index in [-0.39, 0.29) is 5.70 Å². The van der Waals surface area contributed by atoms with Gasteiger partial charge in [0.25, 0.3) is 0 Å². The van der Waals surface area contributed by atoms with E-state index in [1.54, 1.807) is 0 Å². The number of aliphatic carboxylic acids is 1.